The molecule has 0 aliphatic heterocycles. The van der Waals surface area contributed by atoms with E-state index in [4.69, 9.17) is 23.7 Å². The first-order valence-electron chi connectivity index (χ1n) is 21.2. The van der Waals surface area contributed by atoms with Crippen molar-refractivity contribution >= 4 is 34.9 Å². The number of esters is 1. The summed E-state index contributed by atoms with van der Waals surface area (Å²) in [6, 6.07) is 32.6. The first-order chi connectivity index (χ1) is 27.2. The molecule has 7 nitrogen and oxygen atoms in total. The van der Waals surface area contributed by atoms with Crippen molar-refractivity contribution < 1.29 is 50.3 Å². The number of halogens is 1. The van der Waals surface area contributed by atoms with Gasteiger partial charge in [0.2, 0.25) is 0 Å². The van der Waals surface area contributed by atoms with Crippen LogP contribution in [-0.4, -0.2) is 77.4 Å². The Hall–Kier alpha value is -2.45. The maximum absolute atomic E-state index is 13.7. The minimum atomic E-state index is -1.90. The van der Waals surface area contributed by atoms with E-state index < -0.39 is 12.7 Å². The van der Waals surface area contributed by atoms with Crippen LogP contribution >= 0.6 is 7.26 Å². The molecule has 0 amide bonds. The second-order valence-electron chi connectivity index (χ2n) is 17.8. The van der Waals surface area contributed by atoms with Gasteiger partial charge < -0.3 is 40.7 Å². The third-order valence-corrected chi connectivity index (χ3v) is 19.0. The number of carbonyl (C=O) groups excluding carboxylic acids is 2. The normalized spacial score (nSPS) is 29.2. The summed E-state index contributed by atoms with van der Waals surface area (Å²) in [6.07, 6.45) is 10.0. The first kappa shape index (κ1) is 44.1. The molecule has 57 heavy (non-hydrogen) atoms. The number of hydrogen-bond donors (Lipinski definition) is 0. The molecule has 9 heteroatoms. The van der Waals surface area contributed by atoms with Crippen molar-refractivity contribution in [3.8, 4) is 0 Å². The Kier molecular flexibility index (Phi) is 14.9. The van der Waals surface area contributed by atoms with Gasteiger partial charge in [-0.1, -0.05) is 74.9 Å². The zero-order valence-corrected chi connectivity index (χ0v) is 36.9. The molecule has 0 heterocycles. The number of hydrogen-bond acceptors (Lipinski definition) is 7. The predicted molar refractivity (Wildman–Crippen MR) is 225 cm³/mol. The topological polar surface area (TPSA) is 80.3 Å². The summed E-state index contributed by atoms with van der Waals surface area (Å²) in [7, 11) is -1.90. The number of fused-ring (bicyclic) bond motifs is 3. The molecule has 4 aliphatic rings. The monoisotopic (exact) mass is 862 g/mol. The van der Waals surface area contributed by atoms with Crippen LogP contribution in [0.4, 0.5) is 0 Å². The minimum Gasteiger partial charge on any atom is -1.00 e. The summed E-state index contributed by atoms with van der Waals surface area (Å²) in [5.74, 6) is 1.24. The highest BCUT2D eigenvalue weighted by Gasteiger charge is 2.68. The molecule has 2 bridgehead atoms. The van der Waals surface area contributed by atoms with E-state index in [0.717, 1.165) is 63.9 Å². The SMILES string of the molecule is C[C@@]12CC[C@@H]3[C@@](CC[C@H]4[C@@]3(C)CCC[C@@]4(C)C(=O)OCCOCCOCCOCCOCC[P+](c3ccccc3)(c3ccccc3)c3ccccc3)(CC1=O)C2.[Br-]. The average molecular weight is 864 g/mol. The number of ether oxygens (including phenoxy) is 5. The largest absolute Gasteiger partial charge is 1.00 e. The van der Waals surface area contributed by atoms with E-state index in [2.05, 4.69) is 112 Å². The van der Waals surface area contributed by atoms with Crippen LogP contribution in [-0.2, 0) is 33.3 Å². The second kappa shape index (κ2) is 19.3. The molecule has 3 aromatic carbocycles. The molecule has 3 aromatic rings. The number of Topliss-reactive ketones (excluding diaryl/α,β-unsaturated/α-hetero) is 1. The van der Waals surface area contributed by atoms with Crippen molar-refractivity contribution in [1.82, 2.24) is 0 Å². The highest BCUT2D eigenvalue weighted by atomic mass is 79.9. The molecule has 4 aliphatic carbocycles. The molecule has 4 fully saturated rings. The molecular weight excluding hydrogens is 799 g/mol. The summed E-state index contributed by atoms with van der Waals surface area (Å²) in [5.41, 5.74) is -0.359. The van der Waals surface area contributed by atoms with E-state index in [-0.39, 0.29) is 45.8 Å². The maximum Gasteiger partial charge on any atom is 0.312 e. The van der Waals surface area contributed by atoms with Crippen molar-refractivity contribution in [2.24, 2.45) is 33.5 Å². The lowest BCUT2D eigenvalue weighted by Gasteiger charge is -2.63. The van der Waals surface area contributed by atoms with E-state index in [1.54, 1.807) is 0 Å². The highest BCUT2D eigenvalue weighted by molar-refractivity contribution is 7.95. The van der Waals surface area contributed by atoms with Crippen molar-refractivity contribution in [3.05, 3.63) is 91.0 Å². The fraction of sp³-hybridized carbons (Fsp3) is 0.583. The predicted octanol–water partition coefficient (Wildman–Crippen LogP) is 4.97. The molecular formula is C48H64BrO7P. The van der Waals surface area contributed by atoms with Gasteiger partial charge in [-0.25, -0.2) is 0 Å². The first-order valence-corrected chi connectivity index (χ1v) is 23.2. The van der Waals surface area contributed by atoms with Crippen LogP contribution in [0.1, 0.15) is 78.6 Å². The molecule has 6 atom stereocenters. The number of rotatable bonds is 19. The van der Waals surface area contributed by atoms with Crippen molar-refractivity contribution in [2.75, 3.05) is 65.6 Å². The van der Waals surface area contributed by atoms with E-state index in [9.17, 15) is 9.59 Å². The standard InChI is InChI=1S/C48H64O7P.BrH/c1-45-24-20-42-46(2)22-13-23-47(3,41(46)21-25-48(42,37-45)36-43(45)49)44(50)55-33-32-53-29-28-51-26-27-52-30-31-54-34-35-56(38-14-7-4-8-15-38,39-16-9-5-10-17-39)40-18-11-6-12-19-40;/h4-12,14-19,41-42H,13,20-37H2,1-3H3;1H/q+1;/p-1/t41-,42-,45-,46+,47+,48-;/m0./s1. The summed E-state index contributed by atoms with van der Waals surface area (Å²) < 4.78 is 29.3. The fourth-order valence-electron chi connectivity index (χ4n) is 12.0. The van der Waals surface area contributed by atoms with Crippen LogP contribution in [0.5, 0.6) is 0 Å². The summed E-state index contributed by atoms with van der Waals surface area (Å²) >= 11 is 0. The molecule has 0 saturated heterocycles. The lowest BCUT2D eigenvalue weighted by Crippen LogP contribution is -3.00. The van der Waals surface area contributed by atoms with E-state index in [1.807, 2.05) is 0 Å². The quantitative estimate of drug-likeness (QED) is 0.0959. The Morgan fingerprint density at radius 2 is 1.09 bits per heavy atom. The van der Waals surface area contributed by atoms with E-state index >= 15 is 0 Å². The van der Waals surface area contributed by atoms with Crippen molar-refractivity contribution in [3.63, 3.8) is 0 Å². The van der Waals surface area contributed by atoms with Crippen LogP contribution in [0.25, 0.3) is 0 Å². The maximum atomic E-state index is 13.7. The third-order valence-electron chi connectivity index (χ3n) is 14.6. The smallest absolute Gasteiger partial charge is 0.312 e. The lowest BCUT2D eigenvalue weighted by molar-refractivity contribution is -0.188. The fourth-order valence-corrected chi connectivity index (χ4v) is 16.1. The highest BCUT2D eigenvalue weighted by Crippen LogP contribution is 2.73. The number of carbonyl (C=O) groups is 2. The summed E-state index contributed by atoms with van der Waals surface area (Å²) in [4.78, 5) is 26.8. The molecule has 0 N–H and O–H groups in total. The van der Waals surface area contributed by atoms with Gasteiger partial charge in [0, 0.05) is 11.8 Å². The van der Waals surface area contributed by atoms with Crippen molar-refractivity contribution in [2.45, 2.75) is 78.6 Å². The zero-order valence-electron chi connectivity index (χ0n) is 34.4. The van der Waals surface area contributed by atoms with Gasteiger partial charge in [-0.05, 0) is 111 Å². The van der Waals surface area contributed by atoms with Gasteiger partial charge in [0.1, 0.15) is 35.6 Å². The zero-order chi connectivity index (χ0) is 39.1. The molecule has 1 spiro atoms. The number of ketones is 1. The molecule has 4 saturated carbocycles. The summed E-state index contributed by atoms with van der Waals surface area (Å²) in [5, 5.41) is 4.08. The minimum absolute atomic E-state index is 0. The third kappa shape index (κ3) is 9.03. The van der Waals surface area contributed by atoms with Gasteiger partial charge in [-0.2, -0.15) is 0 Å². The Morgan fingerprint density at radius 3 is 1.61 bits per heavy atom. The van der Waals surface area contributed by atoms with Crippen LogP contribution < -0.4 is 32.9 Å². The second-order valence-corrected chi connectivity index (χ2v) is 21.4. The van der Waals surface area contributed by atoms with Gasteiger partial charge in [-0.3, -0.25) is 9.59 Å². The Morgan fingerprint density at radius 1 is 0.614 bits per heavy atom. The lowest BCUT2D eigenvalue weighted by atomic mass is 9.40. The van der Waals surface area contributed by atoms with Gasteiger partial charge >= 0.3 is 5.97 Å². The van der Waals surface area contributed by atoms with Crippen molar-refractivity contribution in [1.29, 1.82) is 0 Å². The van der Waals surface area contributed by atoms with Gasteiger partial charge in [0.05, 0.1) is 64.4 Å². The van der Waals surface area contributed by atoms with Crippen LogP contribution in [0.15, 0.2) is 91.0 Å². The molecule has 310 valence electrons. The molecule has 0 unspecified atom stereocenters. The Balaban J connectivity index is 0.00000549. The summed E-state index contributed by atoms with van der Waals surface area (Å²) in [6.45, 7) is 11.0. The van der Waals surface area contributed by atoms with Gasteiger partial charge in [-0.15, -0.1) is 0 Å². The molecule has 0 radical (unpaired) electrons. The van der Waals surface area contributed by atoms with E-state index in [0.29, 0.717) is 70.5 Å². The number of benzene rings is 3. The molecule has 0 aromatic heterocycles. The Labute approximate surface area is 352 Å². The van der Waals surface area contributed by atoms with Crippen LogP contribution in [0.3, 0.4) is 0 Å². The Bertz CT molecular complexity index is 1650. The van der Waals surface area contributed by atoms with Crippen LogP contribution in [0, 0.1) is 33.5 Å². The van der Waals surface area contributed by atoms with E-state index in [1.165, 1.54) is 15.9 Å². The van der Waals surface area contributed by atoms with Crippen LogP contribution in [0.2, 0.25) is 0 Å². The molecule has 7 rings (SSSR count). The average Bonchev–Trinajstić information content (AvgIpc) is 3.40. The van der Waals surface area contributed by atoms with Gasteiger partial charge in [0.15, 0.2) is 0 Å². The van der Waals surface area contributed by atoms with Gasteiger partial charge in [0.25, 0.3) is 0 Å².